The Kier molecular flexibility index (Phi) is 5.70. The van der Waals surface area contributed by atoms with Gasteiger partial charge in [-0.05, 0) is 39.3 Å². The first-order chi connectivity index (χ1) is 12.9. The van der Waals surface area contributed by atoms with E-state index in [-0.39, 0.29) is 11.7 Å². The number of hydrogen-bond acceptors (Lipinski definition) is 3. The van der Waals surface area contributed by atoms with Crippen molar-refractivity contribution in [3.63, 3.8) is 0 Å². The van der Waals surface area contributed by atoms with Crippen LogP contribution < -0.4 is 5.32 Å². The molecule has 144 valence electrons. The smallest absolute Gasteiger partial charge is 0.151 e. The number of rotatable bonds is 7. The van der Waals surface area contributed by atoms with Crippen molar-refractivity contribution in [1.29, 1.82) is 0 Å². The van der Waals surface area contributed by atoms with Gasteiger partial charge in [-0.1, -0.05) is 6.92 Å². The van der Waals surface area contributed by atoms with Gasteiger partial charge in [-0.25, -0.2) is 13.5 Å². The van der Waals surface area contributed by atoms with Gasteiger partial charge in [0.1, 0.15) is 11.5 Å². The van der Waals surface area contributed by atoms with Crippen LogP contribution >= 0.6 is 0 Å². The number of hydrogen-bond donors (Lipinski definition) is 1. The standard InChI is InChI=1S/C20H25F2N5/c1-5-8-26-14(3)16(11-24-26)10-23-13(2)18-12-25-27(15(18)4)20-7-6-17(21)9-19(20)22/h6-7,9,11-13,23H,5,8,10H2,1-4H3/t13-/m1/s1. The second-order valence-electron chi connectivity index (χ2n) is 6.77. The van der Waals surface area contributed by atoms with Crippen LogP contribution in [0.2, 0.25) is 0 Å². The lowest BCUT2D eigenvalue weighted by Crippen LogP contribution is -2.19. The maximum Gasteiger partial charge on any atom is 0.151 e. The van der Waals surface area contributed by atoms with E-state index in [2.05, 4.69) is 29.4 Å². The molecule has 3 aromatic rings. The molecule has 0 radical (unpaired) electrons. The highest BCUT2D eigenvalue weighted by Gasteiger charge is 2.17. The minimum atomic E-state index is -0.632. The first-order valence-electron chi connectivity index (χ1n) is 9.17. The molecule has 0 saturated heterocycles. The van der Waals surface area contributed by atoms with Gasteiger partial charge in [0.05, 0.1) is 12.4 Å². The Labute approximate surface area is 158 Å². The molecule has 0 unspecified atom stereocenters. The average Bonchev–Trinajstić information content (AvgIpc) is 3.17. The molecule has 0 spiro atoms. The fourth-order valence-electron chi connectivity index (χ4n) is 3.21. The average molecular weight is 373 g/mol. The van der Waals surface area contributed by atoms with Crippen LogP contribution in [0.3, 0.4) is 0 Å². The number of nitrogens with zero attached hydrogens (tertiary/aromatic N) is 4. The number of aromatic nitrogens is 4. The van der Waals surface area contributed by atoms with Crippen molar-refractivity contribution in [2.75, 3.05) is 0 Å². The van der Waals surface area contributed by atoms with E-state index in [4.69, 9.17) is 0 Å². The molecule has 0 amide bonds. The molecule has 1 atom stereocenters. The molecule has 2 heterocycles. The largest absolute Gasteiger partial charge is 0.306 e. The summed E-state index contributed by atoms with van der Waals surface area (Å²) in [6, 6.07) is 3.53. The molecule has 1 aromatic carbocycles. The van der Waals surface area contributed by atoms with Gasteiger partial charge < -0.3 is 5.32 Å². The third kappa shape index (κ3) is 3.93. The summed E-state index contributed by atoms with van der Waals surface area (Å²) in [6.07, 6.45) is 4.67. The summed E-state index contributed by atoms with van der Waals surface area (Å²) in [5.41, 5.74) is 4.35. The minimum absolute atomic E-state index is 0.0242. The van der Waals surface area contributed by atoms with Crippen molar-refractivity contribution in [3.8, 4) is 5.69 Å². The van der Waals surface area contributed by atoms with Crippen molar-refractivity contribution in [2.24, 2.45) is 0 Å². The molecule has 0 bridgehead atoms. The van der Waals surface area contributed by atoms with E-state index in [0.717, 1.165) is 41.5 Å². The molecule has 2 aromatic heterocycles. The van der Waals surface area contributed by atoms with Crippen LogP contribution in [-0.4, -0.2) is 19.6 Å². The van der Waals surface area contributed by atoms with Gasteiger partial charge >= 0.3 is 0 Å². The molecular weight excluding hydrogens is 348 g/mol. The SMILES string of the molecule is CCCn1ncc(CN[C@H](C)c2cnn(-c3ccc(F)cc3F)c2C)c1C. The highest BCUT2D eigenvalue weighted by molar-refractivity contribution is 5.37. The number of nitrogens with one attached hydrogen (secondary N) is 1. The summed E-state index contributed by atoms with van der Waals surface area (Å²) in [7, 11) is 0. The Hall–Kier alpha value is -2.54. The summed E-state index contributed by atoms with van der Waals surface area (Å²) >= 11 is 0. The monoisotopic (exact) mass is 373 g/mol. The molecule has 5 nitrogen and oxygen atoms in total. The zero-order valence-corrected chi connectivity index (χ0v) is 16.1. The minimum Gasteiger partial charge on any atom is -0.306 e. The maximum atomic E-state index is 14.1. The van der Waals surface area contributed by atoms with Gasteiger partial charge in [0.25, 0.3) is 0 Å². The fourth-order valence-corrected chi connectivity index (χ4v) is 3.21. The lowest BCUT2D eigenvalue weighted by Gasteiger charge is -2.14. The topological polar surface area (TPSA) is 47.7 Å². The zero-order chi connectivity index (χ0) is 19.6. The first kappa shape index (κ1) is 19.2. The van der Waals surface area contributed by atoms with Crippen LogP contribution in [0, 0.1) is 25.5 Å². The van der Waals surface area contributed by atoms with Crippen molar-refractivity contribution in [2.45, 2.75) is 53.2 Å². The van der Waals surface area contributed by atoms with Gasteiger partial charge in [0.2, 0.25) is 0 Å². The molecule has 0 saturated carbocycles. The maximum absolute atomic E-state index is 14.1. The number of aryl methyl sites for hydroxylation is 1. The van der Waals surface area contributed by atoms with E-state index in [1.165, 1.54) is 16.8 Å². The van der Waals surface area contributed by atoms with Gasteiger partial charge in [0.15, 0.2) is 5.82 Å². The molecule has 3 rings (SSSR count). The molecule has 27 heavy (non-hydrogen) atoms. The van der Waals surface area contributed by atoms with Crippen LogP contribution in [0.25, 0.3) is 5.69 Å². The molecule has 1 N–H and O–H groups in total. The Morgan fingerprint density at radius 2 is 1.89 bits per heavy atom. The summed E-state index contributed by atoms with van der Waals surface area (Å²) in [5.74, 6) is -1.23. The van der Waals surface area contributed by atoms with Crippen molar-refractivity contribution in [1.82, 2.24) is 24.9 Å². The Balaban J connectivity index is 1.74. The summed E-state index contributed by atoms with van der Waals surface area (Å²) < 4.78 is 30.8. The molecule has 0 fully saturated rings. The number of benzene rings is 1. The van der Waals surface area contributed by atoms with E-state index in [1.54, 1.807) is 6.20 Å². The molecule has 0 aliphatic rings. The molecule has 7 heteroatoms. The molecule has 0 aliphatic carbocycles. The van der Waals surface area contributed by atoms with Crippen LogP contribution in [0.4, 0.5) is 8.78 Å². The normalized spacial score (nSPS) is 12.5. The summed E-state index contributed by atoms with van der Waals surface area (Å²) in [4.78, 5) is 0. The van der Waals surface area contributed by atoms with E-state index in [1.807, 2.05) is 24.7 Å². The van der Waals surface area contributed by atoms with Gasteiger partial charge in [-0.3, -0.25) is 4.68 Å². The highest BCUT2D eigenvalue weighted by atomic mass is 19.1. The molecule has 0 aliphatic heterocycles. The van der Waals surface area contributed by atoms with Gasteiger partial charge in [0, 0.05) is 47.7 Å². The van der Waals surface area contributed by atoms with E-state index in [9.17, 15) is 8.78 Å². The van der Waals surface area contributed by atoms with Crippen LogP contribution in [-0.2, 0) is 13.1 Å². The van der Waals surface area contributed by atoms with E-state index in [0.29, 0.717) is 6.54 Å². The molecular formula is C20H25F2N5. The second kappa shape index (κ2) is 8.00. The quantitative estimate of drug-likeness (QED) is 0.674. The van der Waals surface area contributed by atoms with Crippen molar-refractivity contribution in [3.05, 3.63) is 64.7 Å². The summed E-state index contributed by atoms with van der Waals surface area (Å²) in [6.45, 7) is 9.73. The third-order valence-electron chi connectivity index (χ3n) is 4.89. The third-order valence-corrected chi connectivity index (χ3v) is 4.89. The number of halogens is 2. The zero-order valence-electron chi connectivity index (χ0n) is 16.1. The van der Waals surface area contributed by atoms with Crippen molar-refractivity contribution >= 4 is 0 Å². The van der Waals surface area contributed by atoms with Crippen LogP contribution in [0.1, 0.15) is 48.8 Å². The fraction of sp³-hybridized carbons (Fsp3) is 0.400. The van der Waals surface area contributed by atoms with Gasteiger partial charge in [-0.15, -0.1) is 0 Å². The lowest BCUT2D eigenvalue weighted by molar-refractivity contribution is 0.561. The van der Waals surface area contributed by atoms with Gasteiger partial charge in [-0.2, -0.15) is 10.2 Å². The highest BCUT2D eigenvalue weighted by Crippen LogP contribution is 2.22. The first-order valence-corrected chi connectivity index (χ1v) is 9.17. The Morgan fingerprint density at radius 3 is 2.59 bits per heavy atom. The van der Waals surface area contributed by atoms with E-state index >= 15 is 0 Å². The Morgan fingerprint density at radius 1 is 1.11 bits per heavy atom. The predicted molar refractivity (Wildman–Crippen MR) is 101 cm³/mol. The Bertz CT molecular complexity index is 929. The van der Waals surface area contributed by atoms with Crippen LogP contribution in [0.5, 0.6) is 0 Å². The van der Waals surface area contributed by atoms with Crippen LogP contribution in [0.15, 0.2) is 30.6 Å². The predicted octanol–water partition coefficient (Wildman–Crippen LogP) is 4.22. The summed E-state index contributed by atoms with van der Waals surface area (Å²) in [5, 5.41) is 12.2. The van der Waals surface area contributed by atoms with E-state index < -0.39 is 11.6 Å². The van der Waals surface area contributed by atoms with Crippen molar-refractivity contribution < 1.29 is 8.78 Å². The lowest BCUT2D eigenvalue weighted by atomic mass is 10.1. The second-order valence-corrected chi connectivity index (χ2v) is 6.77.